The smallest absolute Gasteiger partial charge is 0.338 e. The molecule has 122 valence electrons. The molecule has 1 aromatic heterocycles. The van der Waals surface area contributed by atoms with Gasteiger partial charge in [0.05, 0.1) is 22.6 Å². The average molecular weight is 315 g/mol. The van der Waals surface area contributed by atoms with E-state index >= 15 is 0 Å². The molecule has 0 bridgehead atoms. The van der Waals surface area contributed by atoms with Crippen LogP contribution in [0.5, 0.6) is 0 Å². The Morgan fingerprint density at radius 2 is 1.96 bits per heavy atom. The van der Waals surface area contributed by atoms with Crippen molar-refractivity contribution in [3.63, 3.8) is 0 Å². The van der Waals surface area contributed by atoms with Crippen LogP contribution in [0.2, 0.25) is 0 Å². The average Bonchev–Trinajstić information content (AvgIpc) is 2.73. The maximum absolute atomic E-state index is 12.2. The normalized spacial score (nSPS) is 11.9. The van der Waals surface area contributed by atoms with Crippen molar-refractivity contribution in [2.75, 3.05) is 5.32 Å². The zero-order chi connectivity index (χ0) is 17.1. The first-order valence-corrected chi connectivity index (χ1v) is 7.38. The molecule has 1 N–H and O–H groups in total. The summed E-state index contributed by atoms with van der Waals surface area (Å²) in [7, 11) is 1.80. The Bertz CT molecular complexity index is 750. The molecule has 0 spiro atoms. The highest BCUT2D eigenvalue weighted by Crippen LogP contribution is 2.19. The van der Waals surface area contributed by atoms with Gasteiger partial charge in [-0.3, -0.25) is 9.48 Å². The molecule has 0 fully saturated rings. The minimum absolute atomic E-state index is 0.384. The van der Waals surface area contributed by atoms with Gasteiger partial charge in [0.1, 0.15) is 0 Å². The molecule has 0 aliphatic rings. The molecule has 0 radical (unpaired) electrons. The molecule has 1 heterocycles. The predicted molar refractivity (Wildman–Crippen MR) is 87.4 cm³/mol. The summed E-state index contributed by atoms with van der Waals surface area (Å²) < 4.78 is 6.92. The highest BCUT2D eigenvalue weighted by Gasteiger charge is 2.21. The van der Waals surface area contributed by atoms with Gasteiger partial charge >= 0.3 is 5.97 Å². The van der Waals surface area contributed by atoms with Gasteiger partial charge in [-0.05, 0) is 39.8 Å². The van der Waals surface area contributed by atoms with Crippen molar-refractivity contribution in [2.45, 2.75) is 33.8 Å². The van der Waals surface area contributed by atoms with Gasteiger partial charge in [-0.1, -0.05) is 17.7 Å². The van der Waals surface area contributed by atoms with Crippen molar-refractivity contribution >= 4 is 17.6 Å². The van der Waals surface area contributed by atoms with E-state index in [-0.39, 0.29) is 5.91 Å². The monoisotopic (exact) mass is 315 g/mol. The third kappa shape index (κ3) is 3.77. The number of esters is 1. The van der Waals surface area contributed by atoms with Crippen LogP contribution in [-0.4, -0.2) is 27.8 Å². The molecule has 0 aliphatic carbocycles. The van der Waals surface area contributed by atoms with Crippen molar-refractivity contribution in [1.82, 2.24) is 9.78 Å². The van der Waals surface area contributed by atoms with E-state index in [0.29, 0.717) is 11.3 Å². The highest BCUT2D eigenvalue weighted by atomic mass is 16.5. The SMILES string of the molecule is Cc1cccc(C(=O)O[C@@H](C)C(=O)Nc2c(C)nn(C)c2C)c1. The van der Waals surface area contributed by atoms with Crippen LogP contribution in [0.15, 0.2) is 24.3 Å². The van der Waals surface area contributed by atoms with Gasteiger partial charge in [-0.25, -0.2) is 4.79 Å². The molecule has 1 atom stereocenters. The van der Waals surface area contributed by atoms with Crippen LogP contribution in [-0.2, 0) is 16.6 Å². The molecular weight excluding hydrogens is 294 g/mol. The minimum atomic E-state index is -0.901. The molecule has 6 nitrogen and oxygen atoms in total. The summed E-state index contributed by atoms with van der Waals surface area (Å²) in [5, 5.41) is 7.00. The standard InChI is InChI=1S/C17H21N3O3/c1-10-7-6-8-14(9-10)17(22)23-13(4)16(21)18-15-11(2)19-20(5)12(15)3/h6-9,13H,1-5H3,(H,18,21)/t13-/m0/s1. The van der Waals surface area contributed by atoms with Gasteiger partial charge in [0.15, 0.2) is 6.10 Å². The Kier molecular flexibility index (Phi) is 4.83. The Balaban J connectivity index is 2.04. The number of anilines is 1. The van der Waals surface area contributed by atoms with E-state index in [1.165, 1.54) is 0 Å². The van der Waals surface area contributed by atoms with E-state index in [4.69, 9.17) is 4.74 Å². The lowest BCUT2D eigenvalue weighted by atomic mass is 10.1. The second-order valence-electron chi connectivity index (χ2n) is 5.58. The van der Waals surface area contributed by atoms with Gasteiger partial charge in [0, 0.05) is 7.05 Å². The summed E-state index contributed by atoms with van der Waals surface area (Å²) in [5.74, 6) is -0.902. The second kappa shape index (κ2) is 6.64. The lowest BCUT2D eigenvalue weighted by Gasteiger charge is -2.14. The number of ether oxygens (including phenoxy) is 1. The zero-order valence-corrected chi connectivity index (χ0v) is 14.0. The van der Waals surface area contributed by atoms with Crippen molar-refractivity contribution in [2.24, 2.45) is 7.05 Å². The molecular formula is C17H21N3O3. The molecule has 0 unspecified atom stereocenters. The van der Waals surface area contributed by atoms with Crippen LogP contribution >= 0.6 is 0 Å². The van der Waals surface area contributed by atoms with Crippen molar-refractivity contribution in [3.8, 4) is 0 Å². The third-order valence-electron chi connectivity index (χ3n) is 3.66. The number of aromatic nitrogens is 2. The van der Waals surface area contributed by atoms with E-state index in [2.05, 4.69) is 10.4 Å². The van der Waals surface area contributed by atoms with Crippen molar-refractivity contribution in [3.05, 3.63) is 46.8 Å². The fraction of sp³-hybridized carbons (Fsp3) is 0.353. The number of amides is 1. The number of carbonyl (C=O) groups excluding carboxylic acids is 2. The van der Waals surface area contributed by atoms with Gasteiger partial charge < -0.3 is 10.1 Å². The first-order valence-electron chi connectivity index (χ1n) is 7.38. The van der Waals surface area contributed by atoms with Gasteiger partial charge in [-0.15, -0.1) is 0 Å². The number of nitrogens with one attached hydrogen (secondary N) is 1. The maximum Gasteiger partial charge on any atom is 0.338 e. The largest absolute Gasteiger partial charge is 0.449 e. The molecule has 1 aromatic carbocycles. The summed E-state index contributed by atoms with van der Waals surface area (Å²) in [6, 6.07) is 7.05. The maximum atomic E-state index is 12.2. The molecule has 1 amide bonds. The van der Waals surface area contributed by atoms with Crippen LogP contribution in [0.4, 0.5) is 5.69 Å². The summed E-state index contributed by atoms with van der Waals surface area (Å²) in [5.41, 5.74) is 3.59. The van der Waals surface area contributed by atoms with Crippen LogP contribution in [0.3, 0.4) is 0 Å². The third-order valence-corrected chi connectivity index (χ3v) is 3.66. The lowest BCUT2D eigenvalue weighted by Crippen LogP contribution is -2.30. The van der Waals surface area contributed by atoms with E-state index < -0.39 is 12.1 Å². The van der Waals surface area contributed by atoms with Crippen LogP contribution in [0, 0.1) is 20.8 Å². The van der Waals surface area contributed by atoms with E-state index in [1.807, 2.05) is 26.8 Å². The Morgan fingerprint density at radius 3 is 2.52 bits per heavy atom. The Morgan fingerprint density at radius 1 is 1.26 bits per heavy atom. The van der Waals surface area contributed by atoms with Gasteiger partial charge in [0.2, 0.25) is 0 Å². The molecule has 0 saturated heterocycles. The quantitative estimate of drug-likeness (QED) is 0.880. The number of aryl methyl sites for hydroxylation is 3. The predicted octanol–water partition coefficient (Wildman–Crippen LogP) is 2.53. The molecule has 6 heteroatoms. The number of carbonyl (C=O) groups is 2. The fourth-order valence-electron chi connectivity index (χ4n) is 2.23. The minimum Gasteiger partial charge on any atom is -0.449 e. The van der Waals surface area contributed by atoms with Gasteiger partial charge in [-0.2, -0.15) is 5.10 Å². The zero-order valence-electron chi connectivity index (χ0n) is 14.0. The summed E-state index contributed by atoms with van der Waals surface area (Å²) in [6.45, 7) is 7.11. The first kappa shape index (κ1) is 16.7. The molecule has 2 rings (SSSR count). The van der Waals surface area contributed by atoms with Crippen molar-refractivity contribution < 1.29 is 14.3 Å². The highest BCUT2D eigenvalue weighted by molar-refractivity contribution is 5.98. The molecule has 2 aromatic rings. The molecule has 23 heavy (non-hydrogen) atoms. The van der Waals surface area contributed by atoms with Crippen LogP contribution < -0.4 is 5.32 Å². The first-order chi connectivity index (χ1) is 10.8. The van der Waals surface area contributed by atoms with E-state index in [0.717, 1.165) is 17.0 Å². The lowest BCUT2D eigenvalue weighted by molar-refractivity contribution is -0.123. The number of nitrogens with zero attached hydrogens (tertiary/aromatic N) is 2. The topological polar surface area (TPSA) is 73.2 Å². The van der Waals surface area contributed by atoms with Crippen LogP contribution in [0.1, 0.15) is 34.2 Å². The summed E-state index contributed by atoms with van der Waals surface area (Å²) >= 11 is 0. The summed E-state index contributed by atoms with van der Waals surface area (Å²) in [6.07, 6.45) is -0.901. The Hall–Kier alpha value is -2.63. The molecule has 0 saturated carbocycles. The number of benzene rings is 1. The van der Waals surface area contributed by atoms with E-state index in [1.54, 1.807) is 36.9 Å². The number of hydrogen-bond donors (Lipinski definition) is 1. The molecule has 0 aliphatic heterocycles. The summed E-state index contributed by atoms with van der Waals surface area (Å²) in [4.78, 5) is 24.3. The van der Waals surface area contributed by atoms with Gasteiger partial charge in [0.25, 0.3) is 5.91 Å². The number of rotatable bonds is 4. The Labute approximate surface area is 135 Å². The van der Waals surface area contributed by atoms with Crippen LogP contribution in [0.25, 0.3) is 0 Å². The second-order valence-corrected chi connectivity index (χ2v) is 5.58. The fourth-order valence-corrected chi connectivity index (χ4v) is 2.23. The van der Waals surface area contributed by atoms with Crippen molar-refractivity contribution in [1.29, 1.82) is 0 Å². The van der Waals surface area contributed by atoms with E-state index in [9.17, 15) is 9.59 Å². The number of hydrogen-bond acceptors (Lipinski definition) is 4.